The highest BCUT2D eigenvalue weighted by atomic mass is 32.2. The van der Waals surface area contributed by atoms with E-state index >= 15 is 0 Å². The van der Waals surface area contributed by atoms with Gasteiger partial charge in [0.2, 0.25) is 5.91 Å². The van der Waals surface area contributed by atoms with E-state index in [1.54, 1.807) is 13.0 Å². The van der Waals surface area contributed by atoms with Crippen molar-refractivity contribution in [2.24, 2.45) is 0 Å². The molecule has 1 aliphatic carbocycles. The van der Waals surface area contributed by atoms with E-state index in [2.05, 4.69) is 31.8 Å². The molecular formula is C18H25N5O2S. The van der Waals surface area contributed by atoms with Crippen LogP contribution in [0.25, 0.3) is 0 Å². The number of nitrogens with zero attached hydrogens (tertiary/aromatic N) is 4. The van der Waals surface area contributed by atoms with Crippen LogP contribution < -0.4 is 5.32 Å². The third-order valence-electron chi connectivity index (χ3n) is 4.56. The average Bonchev–Trinajstić information content (AvgIpc) is 3.22. The van der Waals surface area contributed by atoms with E-state index in [1.165, 1.54) is 31.0 Å². The molecule has 1 aliphatic rings. The average molecular weight is 375 g/mol. The van der Waals surface area contributed by atoms with Gasteiger partial charge in [0.1, 0.15) is 11.6 Å². The van der Waals surface area contributed by atoms with Gasteiger partial charge in [-0.3, -0.25) is 4.79 Å². The summed E-state index contributed by atoms with van der Waals surface area (Å²) in [7, 11) is 0. The molecule has 1 fully saturated rings. The quantitative estimate of drug-likeness (QED) is 0.583. The molecule has 140 valence electrons. The fourth-order valence-corrected chi connectivity index (χ4v) is 4.08. The molecule has 0 spiro atoms. The Bertz CT molecular complexity index is 763. The van der Waals surface area contributed by atoms with Gasteiger partial charge in [-0.1, -0.05) is 42.3 Å². The maximum Gasteiger partial charge on any atom is 0.238 e. The van der Waals surface area contributed by atoms with Gasteiger partial charge < -0.3 is 14.4 Å². The van der Waals surface area contributed by atoms with E-state index in [9.17, 15) is 4.79 Å². The number of carbonyl (C=O) groups is 1. The van der Waals surface area contributed by atoms with Gasteiger partial charge in [-0.2, -0.15) is 0 Å². The van der Waals surface area contributed by atoms with Gasteiger partial charge in [-0.15, -0.1) is 16.8 Å². The molecule has 1 N–H and O–H groups in total. The first-order valence-electron chi connectivity index (χ1n) is 9.03. The van der Waals surface area contributed by atoms with Gasteiger partial charge in [0.05, 0.1) is 5.25 Å². The van der Waals surface area contributed by atoms with Crippen molar-refractivity contribution in [2.75, 3.05) is 5.32 Å². The van der Waals surface area contributed by atoms with Crippen molar-refractivity contribution in [3.63, 3.8) is 0 Å². The van der Waals surface area contributed by atoms with Crippen LogP contribution in [-0.2, 0) is 11.3 Å². The molecule has 8 heteroatoms. The highest BCUT2D eigenvalue weighted by Gasteiger charge is 2.25. The topological polar surface area (TPSA) is 85.8 Å². The maximum atomic E-state index is 12.4. The largest absolute Gasteiger partial charge is 0.360 e. The van der Waals surface area contributed by atoms with Gasteiger partial charge in [0.15, 0.2) is 11.0 Å². The normalized spacial score (nSPS) is 16.4. The first kappa shape index (κ1) is 18.7. The summed E-state index contributed by atoms with van der Waals surface area (Å²) in [5.74, 6) is 2.41. The van der Waals surface area contributed by atoms with Crippen LogP contribution >= 0.6 is 11.8 Å². The summed E-state index contributed by atoms with van der Waals surface area (Å²) in [5.41, 5.74) is 0. The van der Waals surface area contributed by atoms with Crippen LogP contribution in [0.15, 0.2) is 28.4 Å². The van der Waals surface area contributed by atoms with Crippen LogP contribution in [0.3, 0.4) is 0 Å². The third-order valence-corrected chi connectivity index (χ3v) is 5.64. The first-order valence-corrected chi connectivity index (χ1v) is 9.91. The molecule has 3 rings (SSSR count). The Balaban J connectivity index is 1.70. The number of hydrogen-bond donors (Lipinski definition) is 1. The molecule has 0 radical (unpaired) electrons. The fourth-order valence-electron chi connectivity index (χ4n) is 3.22. The monoisotopic (exact) mass is 375 g/mol. The summed E-state index contributed by atoms with van der Waals surface area (Å²) in [6, 6.07) is 1.69. The summed E-state index contributed by atoms with van der Waals surface area (Å²) in [5, 5.41) is 15.8. The van der Waals surface area contributed by atoms with E-state index in [1.807, 2.05) is 13.0 Å². The Morgan fingerprint density at radius 3 is 2.88 bits per heavy atom. The summed E-state index contributed by atoms with van der Waals surface area (Å²) in [6.07, 6.45) is 7.94. The molecular weight excluding hydrogens is 350 g/mol. The summed E-state index contributed by atoms with van der Waals surface area (Å²) >= 11 is 1.40. The summed E-state index contributed by atoms with van der Waals surface area (Å²) in [6.45, 7) is 8.13. The van der Waals surface area contributed by atoms with E-state index in [4.69, 9.17) is 4.52 Å². The number of aromatic nitrogens is 4. The minimum absolute atomic E-state index is 0.143. The zero-order valence-corrected chi connectivity index (χ0v) is 16.1. The Morgan fingerprint density at radius 1 is 1.46 bits per heavy atom. The number of thioether (sulfide) groups is 1. The third kappa shape index (κ3) is 4.35. The highest BCUT2D eigenvalue weighted by Crippen LogP contribution is 2.34. The number of aryl methyl sites for hydroxylation is 1. The molecule has 1 saturated carbocycles. The van der Waals surface area contributed by atoms with Gasteiger partial charge in [0, 0.05) is 18.5 Å². The van der Waals surface area contributed by atoms with Crippen molar-refractivity contribution in [1.82, 2.24) is 19.9 Å². The second-order valence-corrected chi connectivity index (χ2v) is 7.96. The molecule has 2 heterocycles. The molecule has 0 unspecified atom stereocenters. The number of allylic oxidation sites excluding steroid dienone is 1. The minimum Gasteiger partial charge on any atom is -0.360 e. The molecule has 0 bridgehead atoms. The predicted molar refractivity (Wildman–Crippen MR) is 101 cm³/mol. The van der Waals surface area contributed by atoms with Crippen LogP contribution in [0, 0.1) is 6.92 Å². The number of rotatable bonds is 7. The maximum absolute atomic E-state index is 12.4. The van der Waals surface area contributed by atoms with Crippen LogP contribution in [0.2, 0.25) is 0 Å². The van der Waals surface area contributed by atoms with Gasteiger partial charge >= 0.3 is 0 Å². The van der Waals surface area contributed by atoms with Crippen molar-refractivity contribution in [1.29, 1.82) is 0 Å². The second kappa shape index (κ2) is 8.53. The Hall–Kier alpha value is -2.09. The zero-order valence-electron chi connectivity index (χ0n) is 15.3. The second-order valence-electron chi connectivity index (χ2n) is 6.65. The summed E-state index contributed by atoms with van der Waals surface area (Å²) < 4.78 is 7.07. The lowest BCUT2D eigenvalue weighted by Crippen LogP contribution is -2.23. The van der Waals surface area contributed by atoms with Crippen molar-refractivity contribution >= 4 is 23.5 Å². The van der Waals surface area contributed by atoms with E-state index in [-0.39, 0.29) is 11.2 Å². The first-order chi connectivity index (χ1) is 12.6. The number of carbonyl (C=O) groups excluding carboxylic acids is 1. The van der Waals surface area contributed by atoms with Crippen LogP contribution in [0.5, 0.6) is 0 Å². The number of anilines is 1. The minimum atomic E-state index is -0.334. The highest BCUT2D eigenvalue weighted by molar-refractivity contribution is 8.00. The van der Waals surface area contributed by atoms with Gasteiger partial charge in [-0.25, -0.2) is 0 Å². The van der Waals surface area contributed by atoms with Crippen molar-refractivity contribution in [2.45, 2.75) is 68.8 Å². The molecule has 1 atom stereocenters. The number of nitrogens with one attached hydrogen (secondary N) is 1. The van der Waals surface area contributed by atoms with Crippen LogP contribution in [-0.4, -0.2) is 31.1 Å². The van der Waals surface area contributed by atoms with Gasteiger partial charge in [-0.05, 0) is 26.7 Å². The molecule has 2 aromatic heterocycles. The zero-order chi connectivity index (χ0) is 18.5. The van der Waals surface area contributed by atoms with Crippen molar-refractivity contribution in [3.8, 4) is 0 Å². The lowest BCUT2D eigenvalue weighted by molar-refractivity contribution is -0.115. The molecule has 0 aromatic carbocycles. The molecule has 26 heavy (non-hydrogen) atoms. The number of amides is 1. The molecule has 0 aliphatic heterocycles. The molecule has 7 nitrogen and oxygen atoms in total. The van der Waals surface area contributed by atoms with Crippen molar-refractivity contribution in [3.05, 3.63) is 30.3 Å². The fraction of sp³-hybridized carbons (Fsp3) is 0.556. The Morgan fingerprint density at radius 2 is 2.23 bits per heavy atom. The predicted octanol–water partition coefficient (Wildman–Crippen LogP) is 3.93. The summed E-state index contributed by atoms with van der Waals surface area (Å²) in [4.78, 5) is 12.4. The van der Waals surface area contributed by atoms with Crippen LogP contribution in [0.1, 0.15) is 56.5 Å². The molecule has 0 saturated heterocycles. The lowest BCUT2D eigenvalue weighted by Gasteiger charge is -2.21. The molecule has 2 aromatic rings. The standard InChI is InChI=1S/C18H25N5O2S/c1-4-10-23-16(14-8-6-5-7-9-14)20-21-18(23)26-13(3)17(24)19-15-11-12(2)25-22-15/h4,11,13-14H,1,5-10H2,2-3H3,(H,19,22,24)/t13-/m0/s1. The van der Waals surface area contributed by atoms with E-state index < -0.39 is 0 Å². The van der Waals surface area contributed by atoms with Crippen molar-refractivity contribution < 1.29 is 9.32 Å². The SMILES string of the molecule is C=CCn1c(S[C@@H](C)C(=O)Nc2cc(C)on2)nnc1C1CCCCC1. The van der Waals surface area contributed by atoms with E-state index in [0.29, 0.717) is 24.0 Å². The smallest absolute Gasteiger partial charge is 0.238 e. The Labute approximate surface area is 157 Å². The molecule has 1 amide bonds. The van der Waals surface area contributed by atoms with E-state index in [0.717, 1.165) is 23.8 Å². The number of hydrogen-bond acceptors (Lipinski definition) is 6. The van der Waals surface area contributed by atoms with Gasteiger partial charge in [0.25, 0.3) is 0 Å². The van der Waals surface area contributed by atoms with Crippen LogP contribution in [0.4, 0.5) is 5.82 Å². The lowest BCUT2D eigenvalue weighted by atomic mass is 9.89. The Kier molecular flexibility index (Phi) is 6.13.